The molecule has 1 aliphatic carbocycles. The molecule has 0 radical (unpaired) electrons. The number of aliphatic imine (C=N–C) groups is 1. The Kier molecular flexibility index (Phi) is 7.29. The standard InChI is InChI=1S/C13H28N4O2S/c1-4-14-13(15-9-10-16-20(3,18)19)17-12-7-5-11(2)6-8-12/h11-12,16H,4-10H2,1-3H3,(H2,14,15,17). The van der Waals surface area contributed by atoms with Crippen molar-refractivity contribution < 1.29 is 8.42 Å². The molecule has 0 unspecified atom stereocenters. The summed E-state index contributed by atoms with van der Waals surface area (Å²) in [7, 11) is -3.13. The normalized spacial score (nSPS) is 24.4. The highest BCUT2D eigenvalue weighted by molar-refractivity contribution is 7.88. The Morgan fingerprint density at radius 2 is 1.90 bits per heavy atom. The largest absolute Gasteiger partial charge is 0.357 e. The van der Waals surface area contributed by atoms with E-state index >= 15 is 0 Å². The first-order chi connectivity index (χ1) is 9.40. The topological polar surface area (TPSA) is 82.6 Å². The van der Waals surface area contributed by atoms with Gasteiger partial charge in [0.25, 0.3) is 0 Å². The van der Waals surface area contributed by atoms with Crippen molar-refractivity contribution in [2.24, 2.45) is 10.9 Å². The van der Waals surface area contributed by atoms with Gasteiger partial charge in [-0.15, -0.1) is 0 Å². The molecule has 1 fully saturated rings. The summed E-state index contributed by atoms with van der Waals surface area (Å²) in [6, 6.07) is 0.479. The first kappa shape index (κ1) is 17.2. The molecule has 1 saturated carbocycles. The third-order valence-electron chi connectivity index (χ3n) is 3.45. The highest BCUT2D eigenvalue weighted by atomic mass is 32.2. The van der Waals surface area contributed by atoms with Crippen LogP contribution in [0.1, 0.15) is 39.5 Å². The van der Waals surface area contributed by atoms with Crippen LogP contribution in [0.5, 0.6) is 0 Å². The molecule has 0 amide bonds. The Morgan fingerprint density at radius 1 is 1.25 bits per heavy atom. The van der Waals surface area contributed by atoms with Crippen LogP contribution in [0.15, 0.2) is 4.99 Å². The van der Waals surface area contributed by atoms with E-state index in [2.05, 4.69) is 27.3 Å². The van der Waals surface area contributed by atoms with Gasteiger partial charge >= 0.3 is 0 Å². The van der Waals surface area contributed by atoms with Gasteiger partial charge in [0.2, 0.25) is 10.0 Å². The quantitative estimate of drug-likeness (QED) is 0.383. The van der Waals surface area contributed by atoms with Gasteiger partial charge in [-0.2, -0.15) is 0 Å². The highest BCUT2D eigenvalue weighted by Gasteiger charge is 2.18. The maximum absolute atomic E-state index is 11.0. The smallest absolute Gasteiger partial charge is 0.208 e. The number of sulfonamides is 1. The molecule has 6 nitrogen and oxygen atoms in total. The van der Waals surface area contributed by atoms with Crippen LogP contribution in [0, 0.1) is 5.92 Å². The van der Waals surface area contributed by atoms with Crippen LogP contribution in [0.4, 0.5) is 0 Å². The lowest BCUT2D eigenvalue weighted by Gasteiger charge is -2.28. The van der Waals surface area contributed by atoms with Crippen molar-refractivity contribution in [2.45, 2.75) is 45.6 Å². The van der Waals surface area contributed by atoms with E-state index in [9.17, 15) is 8.42 Å². The van der Waals surface area contributed by atoms with Crippen LogP contribution in [-0.4, -0.2) is 46.3 Å². The molecule has 0 saturated heterocycles. The summed E-state index contributed by atoms with van der Waals surface area (Å²) < 4.78 is 24.4. The van der Waals surface area contributed by atoms with Gasteiger partial charge in [-0.25, -0.2) is 13.1 Å². The molecule has 20 heavy (non-hydrogen) atoms. The van der Waals surface area contributed by atoms with E-state index in [-0.39, 0.29) is 0 Å². The van der Waals surface area contributed by atoms with Crippen LogP contribution >= 0.6 is 0 Å². The fraction of sp³-hybridized carbons (Fsp3) is 0.923. The molecule has 0 aromatic rings. The molecule has 0 aromatic carbocycles. The summed E-state index contributed by atoms with van der Waals surface area (Å²) in [5, 5.41) is 6.64. The number of rotatable bonds is 6. The molecule has 0 aromatic heterocycles. The van der Waals surface area contributed by atoms with Crippen LogP contribution in [0.3, 0.4) is 0 Å². The lowest BCUT2D eigenvalue weighted by atomic mass is 9.87. The lowest BCUT2D eigenvalue weighted by molar-refractivity contribution is 0.329. The summed E-state index contributed by atoms with van der Waals surface area (Å²) in [6.45, 7) is 5.89. The van der Waals surface area contributed by atoms with Gasteiger partial charge in [0.1, 0.15) is 0 Å². The highest BCUT2D eigenvalue weighted by Crippen LogP contribution is 2.23. The van der Waals surface area contributed by atoms with Crippen LogP contribution in [0.2, 0.25) is 0 Å². The summed E-state index contributed by atoms with van der Waals surface area (Å²) in [5.41, 5.74) is 0. The molecular weight excluding hydrogens is 276 g/mol. The van der Waals surface area contributed by atoms with E-state index in [1.54, 1.807) is 0 Å². The number of nitrogens with zero attached hydrogens (tertiary/aromatic N) is 1. The monoisotopic (exact) mass is 304 g/mol. The number of hydrogen-bond donors (Lipinski definition) is 3. The summed E-state index contributed by atoms with van der Waals surface area (Å²) >= 11 is 0. The minimum Gasteiger partial charge on any atom is -0.357 e. The average Bonchev–Trinajstić information content (AvgIpc) is 2.36. The first-order valence-corrected chi connectivity index (χ1v) is 9.29. The molecule has 1 rings (SSSR count). The second kappa shape index (κ2) is 8.46. The number of nitrogens with one attached hydrogen (secondary N) is 3. The Balaban J connectivity index is 2.38. The minimum absolute atomic E-state index is 0.330. The SMILES string of the molecule is CCNC(=NCCNS(C)(=O)=O)NC1CCC(C)CC1. The average molecular weight is 304 g/mol. The zero-order valence-electron chi connectivity index (χ0n) is 12.8. The molecule has 0 atom stereocenters. The molecule has 0 bridgehead atoms. The third kappa shape index (κ3) is 7.69. The first-order valence-electron chi connectivity index (χ1n) is 7.40. The van der Waals surface area contributed by atoms with Gasteiger partial charge in [0.05, 0.1) is 12.8 Å². The van der Waals surface area contributed by atoms with Crippen LogP contribution in [0.25, 0.3) is 0 Å². The summed E-state index contributed by atoms with van der Waals surface area (Å²) in [4.78, 5) is 4.40. The second-order valence-electron chi connectivity index (χ2n) is 5.53. The van der Waals surface area contributed by atoms with Crippen LogP contribution in [-0.2, 0) is 10.0 Å². The van der Waals surface area contributed by atoms with Crippen molar-refractivity contribution in [2.75, 3.05) is 25.9 Å². The van der Waals surface area contributed by atoms with E-state index in [0.717, 1.165) is 24.7 Å². The zero-order chi connectivity index (χ0) is 15.0. The van der Waals surface area contributed by atoms with E-state index in [1.807, 2.05) is 6.92 Å². The molecule has 7 heteroatoms. The van der Waals surface area contributed by atoms with Crippen molar-refractivity contribution in [3.63, 3.8) is 0 Å². The minimum atomic E-state index is -3.13. The Bertz CT molecular complexity index is 401. The Labute approximate surface area is 122 Å². The molecule has 0 heterocycles. The molecule has 0 aliphatic heterocycles. The molecular formula is C13H28N4O2S. The van der Waals surface area contributed by atoms with E-state index < -0.39 is 10.0 Å². The van der Waals surface area contributed by atoms with Gasteiger partial charge in [-0.3, -0.25) is 4.99 Å². The Morgan fingerprint density at radius 3 is 2.45 bits per heavy atom. The van der Waals surface area contributed by atoms with Gasteiger partial charge in [0, 0.05) is 19.1 Å². The molecule has 1 aliphatic rings. The van der Waals surface area contributed by atoms with Crippen molar-refractivity contribution in [1.29, 1.82) is 0 Å². The fourth-order valence-corrected chi connectivity index (χ4v) is 2.78. The zero-order valence-corrected chi connectivity index (χ0v) is 13.6. The second-order valence-corrected chi connectivity index (χ2v) is 7.36. The molecule has 0 spiro atoms. The van der Waals surface area contributed by atoms with Crippen molar-refractivity contribution in [1.82, 2.24) is 15.4 Å². The maximum atomic E-state index is 11.0. The van der Waals surface area contributed by atoms with E-state index in [0.29, 0.717) is 19.1 Å². The Hall–Kier alpha value is -0.820. The van der Waals surface area contributed by atoms with Gasteiger partial charge in [-0.1, -0.05) is 6.92 Å². The van der Waals surface area contributed by atoms with Gasteiger partial charge in [0.15, 0.2) is 5.96 Å². The number of hydrogen-bond acceptors (Lipinski definition) is 3. The predicted molar refractivity (Wildman–Crippen MR) is 83.4 cm³/mol. The van der Waals surface area contributed by atoms with Gasteiger partial charge in [-0.05, 0) is 38.5 Å². The third-order valence-corrected chi connectivity index (χ3v) is 4.18. The van der Waals surface area contributed by atoms with Crippen molar-refractivity contribution >= 4 is 16.0 Å². The fourth-order valence-electron chi connectivity index (χ4n) is 2.32. The maximum Gasteiger partial charge on any atom is 0.208 e. The molecule has 3 N–H and O–H groups in total. The molecule has 118 valence electrons. The van der Waals surface area contributed by atoms with E-state index in [4.69, 9.17) is 0 Å². The number of guanidine groups is 1. The predicted octanol–water partition coefficient (Wildman–Crippen LogP) is 0.669. The van der Waals surface area contributed by atoms with E-state index in [1.165, 1.54) is 25.7 Å². The lowest BCUT2D eigenvalue weighted by Crippen LogP contribution is -2.45. The summed E-state index contributed by atoms with van der Waals surface area (Å²) in [5.74, 6) is 1.61. The summed E-state index contributed by atoms with van der Waals surface area (Å²) in [6.07, 6.45) is 6.02. The van der Waals surface area contributed by atoms with Gasteiger partial charge < -0.3 is 10.6 Å². The van der Waals surface area contributed by atoms with Crippen molar-refractivity contribution in [3.05, 3.63) is 0 Å². The van der Waals surface area contributed by atoms with Crippen LogP contribution < -0.4 is 15.4 Å². The van der Waals surface area contributed by atoms with Crippen molar-refractivity contribution in [3.8, 4) is 0 Å².